The SMILES string of the molecule is CC(C)(C)CC(=O)NCC1CCN(c2cnccn2)CC1. The molecule has 2 heterocycles. The molecule has 0 aromatic carbocycles. The summed E-state index contributed by atoms with van der Waals surface area (Å²) in [5.74, 6) is 1.69. The lowest BCUT2D eigenvalue weighted by Gasteiger charge is -2.32. The minimum absolute atomic E-state index is 0.0550. The summed E-state index contributed by atoms with van der Waals surface area (Å²) in [5.41, 5.74) is 0.0550. The van der Waals surface area contributed by atoms with Crippen molar-refractivity contribution >= 4 is 11.7 Å². The van der Waals surface area contributed by atoms with E-state index in [1.807, 2.05) is 6.20 Å². The minimum Gasteiger partial charge on any atom is -0.356 e. The van der Waals surface area contributed by atoms with Crippen molar-refractivity contribution in [2.75, 3.05) is 24.5 Å². The summed E-state index contributed by atoms with van der Waals surface area (Å²) < 4.78 is 0. The summed E-state index contributed by atoms with van der Waals surface area (Å²) in [4.78, 5) is 22.6. The van der Waals surface area contributed by atoms with E-state index in [-0.39, 0.29) is 11.3 Å². The molecule has 1 aromatic rings. The highest BCUT2D eigenvalue weighted by atomic mass is 16.1. The van der Waals surface area contributed by atoms with Crippen molar-refractivity contribution in [1.82, 2.24) is 15.3 Å². The molecular weight excluding hydrogens is 264 g/mol. The average Bonchev–Trinajstić information content (AvgIpc) is 2.45. The third-order valence-corrected chi connectivity index (χ3v) is 3.77. The van der Waals surface area contributed by atoms with E-state index >= 15 is 0 Å². The predicted octanol–water partition coefficient (Wildman–Crippen LogP) is 2.25. The third kappa shape index (κ3) is 5.33. The molecule has 5 heteroatoms. The predicted molar refractivity (Wildman–Crippen MR) is 84.1 cm³/mol. The van der Waals surface area contributed by atoms with Crippen LogP contribution in [0.5, 0.6) is 0 Å². The second kappa shape index (κ2) is 6.87. The highest BCUT2D eigenvalue weighted by Gasteiger charge is 2.21. The third-order valence-electron chi connectivity index (χ3n) is 3.77. The fraction of sp³-hybridized carbons (Fsp3) is 0.688. The Morgan fingerprint density at radius 2 is 2.05 bits per heavy atom. The van der Waals surface area contributed by atoms with Gasteiger partial charge in [0.1, 0.15) is 5.82 Å². The van der Waals surface area contributed by atoms with Crippen molar-refractivity contribution in [2.24, 2.45) is 11.3 Å². The Hall–Kier alpha value is -1.65. The maximum atomic E-state index is 11.8. The quantitative estimate of drug-likeness (QED) is 0.924. The number of anilines is 1. The maximum Gasteiger partial charge on any atom is 0.220 e. The van der Waals surface area contributed by atoms with Crippen molar-refractivity contribution in [2.45, 2.75) is 40.0 Å². The van der Waals surface area contributed by atoms with Crippen molar-refractivity contribution < 1.29 is 4.79 Å². The van der Waals surface area contributed by atoms with Gasteiger partial charge in [0.25, 0.3) is 0 Å². The molecule has 0 unspecified atom stereocenters. The van der Waals surface area contributed by atoms with Crippen LogP contribution in [0, 0.1) is 11.3 Å². The average molecular weight is 290 g/mol. The van der Waals surface area contributed by atoms with E-state index in [2.05, 4.69) is 41.0 Å². The Morgan fingerprint density at radius 3 is 2.62 bits per heavy atom. The van der Waals surface area contributed by atoms with E-state index in [4.69, 9.17) is 0 Å². The number of nitrogens with one attached hydrogen (secondary N) is 1. The smallest absolute Gasteiger partial charge is 0.220 e. The normalized spacial score (nSPS) is 16.8. The summed E-state index contributed by atoms with van der Waals surface area (Å²) in [6.45, 7) is 9.03. The van der Waals surface area contributed by atoms with Crippen LogP contribution in [-0.4, -0.2) is 35.5 Å². The van der Waals surface area contributed by atoms with E-state index in [0.29, 0.717) is 12.3 Å². The molecule has 0 aliphatic carbocycles. The molecule has 0 saturated carbocycles. The van der Waals surface area contributed by atoms with Crippen molar-refractivity contribution in [3.63, 3.8) is 0 Å². The van der Waals surface area contributed by atoms with E-state index in [9.17, 15) is 4.79 Å². The number of hydrogen-bond acceptors (Lipinski definition) is 4. The van der Waals surface area contributed by atoms with Crippen molar-refractivity contribution in [3.05, 3.63) is 18.6 Å². The van der Waals surface area contributed by atoms with Gasteiger partial charge in [0.2, 0.25) is 5.91 Å². The van der Waals surface area contributed by atoms with Gasteiger partial charge in [-0.25, -0.2) is 4.98 Å². The Labute approximate surface area is 127 Å². The van der Waals surface area contributed by atoms with Crippen LogP contribution in [0.25, 0.3) is 0 Å². The monoisotopic (exact) mass is 290 g/mol. The lowest BCUT2D eigenvalue weighted by Crippen LogP contribution is -2.39. The molecule has 0 radical (unpaired) electrons. The molecule has 0 atom stereocenters. The molecule has 1 amide bonds. The van der Waals surface area contributed by atoms with E-state index < -0.39 is 0 Å². The van der Waals surface area contributed by atoms with Crippen LogP contribution in [0.4, 0.5) is 5.82 Å². The highest BCUT2D eigenvalue weighted by Crippen LogP contribution is 2.21. The first-order chi connectivity index (χ1) is 9.94. The molecule has 1 aliphatic heterocycles. The van der Waals surface area contributed by atoms with E-state index in [1.54, 1.807) is 12.4 Å². The summed E-state index contributed by atoms with van der Waals surface area (Å²) in [6.07, 6.45) is 8.00. The summed E-state index contributed by atoms with van der Waals surface area (Å²) in [7, 11) is 0. The van der Waals surface area contributed by atoms with Gasteiger partial charge in [0.05, 0.1) is 6.20 Å². The van der Waals surface area contributed by atoms with Crippen LogP contribution in [-0.2, 0) is 4.79 Å². The zero-order valence-electron chi connectivity index (χ0n) is 13.3. The van der Waals surface area contributed by atoms with Gasteiger partial charge >= 0.3 is 0 Å². The van der Waals surface area contributed by atoms with Crippen LogP contribution in [0.2, 0.25) is 0 Å². The number of carbonyl (C=O) groups is 1. The van der Waals surface area contributed by atoms with Crippen molar-refractivity contribution in [1.29, 1.82) is 0 Å². The molecule has 1 aliphatic rings. The number of hydrogen-bond donors (Lipinski definition) is 1. The second-order valence-electron chi connectivity index (χ2n) is 7.04. The minimum atomic E-state index is 0.0550. The number of aromatic nitrogens is 2. The standard InChI is InChI=1S/C16H26N4O/c1-16(2,3)10-15(21)19-11-13-4-8-20(9-5-13)14-12-17-6-7-18-14/h6-7,12-13H,4-5,8-11H2,1-3H3,(H,19,21). The van der Waals surface area contributed by atoms with E-state index in [1.165, 1.54) is 0 Å². The Morgan fingerprint density at radius 1 is 1.33 bits per heavy atom. The van der Waals surface area contributed by atoms with Gasteiger partial charge < -0.3 is 10.2 Å². The van der Waals surface area contributed by atoms with Gasteiger partial charge in [-0.05, 0) is 24.2 Å². The second-order valence-corrected chi connectivity index (χ2v) is 7.04. The van der Waals surface area contributed by atoms with E-state index in [0.717, 1.165) is 38.3 Å². The van der Waals surface area contributed by atoms with Crippen LogP contribution in [0.15, 0.2) is 18.6 Å². The van der Waals surface area contributed by atoms with Crippen LogP contribution in [0.3, 0.4) is 0 Å². The van der Waals surface area contributed by atoms with Gasteiger partial charge in [-0.3, -0.25) is 9.78 Å². The van der Waals surface area contributed by atoms with Crippen molar-refractivity contribution in [3.8, 4) is 0 Å². The van der Waals surface area contributed by atoms with Gasteiger partial charge in [-0.1, -0.05) is 20.8 Å². The number of amides is 1. The van der Waals surface area contributed by atoms with Gasteiger partial charge in [-0.2, -0.15) is 0 Å². The molecule has 1 aromatic heterocycles. The number of rotatable bonds is 4. The van der Waals surface area contributed by atoms with Gasteiger partial charge in [0.15, 0.2) is 0 Å². The summed E-state index contributed by atoms with van der Waals surface area (Å²) in [5, 5.41) is 3.08. The molecular formula is C16H26N4O. The number of nitrogens with zero attached hydrogens (tertiary/aromatic N) is 3. The molecule has 1 fully saturated rings. The molecule has 1 saturated heterocycles. The maximum absolute atomic E-state index is 11.8. The Kier molecular flexibility index (Phi) is 5.15. The van der Waals surface area contributed by atoms with Crippen LogP contribution in [0.1, 0.15) is 40.0 Å². The molecule has 0 spiro atoms. The molecule has 116 valence electrons. The number of piperidine rings is 1. The summed E-state index contributed by atoms with van der Waals surface area (Å²) >= 11 is 0. The van der Waals surface area contributed by atoms with Crippen LogP contribution >= 0.6 is 0 Å². The van der Waals surface area contributed by atoms with Gasteiger partial charge in [-0.15, -0.1) is 0 Å². The largest absolute Gasteiger partial charge is 0.356 e. The molecule has 5 nitrogen and oxygen atoms in total. The summed E-state index contributed by atoms with van der Waals surface area (Å²) in [6, 6.07) is 0. The lowest BCUT2D eigenvalue weighted by atomic mass is 9.91. The Balaban J connectivity index is 1.71. The first-order valence-corrected chi connectivity index (χ1v) is 7.72. The molecule has 1 N–H and O–H groups in total. The fourth-order valence-electron chi connectivity index (χ4n) is 2.62. The Bertz CT molecular complexity index is 447. The van der Waals surface area contributed by atoms with Gasteiger partial charge in [0, 0.05) is 38.4 Å². The number of carbonyl (C=O) groups excluding carboxylic acids is 1. The van der Waals surface area contributed by atoms with Crippen LogP contribution < -0.4 is 10.2 Å². The first kappa shape index (κ1) is 15.7. The highest BCUT2D eigenvalue weighted by molar-refractivity contribution is 5.76. The fourth-order valence-corrected chi connectivity index (χ4v) is 2.62. The zero-order chi connectivity index (χ0) is 15.3. The topological polar surface area (TPSA) is 58.1 Å². The zero-order valence-corrected chi connectivity index (χ0v) is 13.3. The molecule has 2 rings (SSSR count). The lowest BCUT2D eigenvalue weighted by molar-refractivity contribution is -0.123. The molecule has 21 heavy (non-hydrogen) atoms. The first-order valence-electron chi connectivity index (χ1n) is 7.72. The molecule has 0 bridgehead atoms.